The summed E-state index contributed by atoms with van der Waals surface area (Å²) in [5.41, 5.74) is 5.81. The van der Waals surface area contributed by atoms with Gasteiger partial charge in [-0.25, -0.2) is 9.80 Å². The van der Waals surface area contributed by atoms with Crippen molar-refractivity contribution in [2.45, 2.75) is 6.92 Å². The Kier molecular flexibility index (Phi) is 5.62. The van der Waals surface area contributed by atoms with E-state index in [1.54, 1.807) is 13.0 Å². The quantitative estimate of drug-likeness (QED) is 0.308. The molecule has 0 spiro atoms. The monoisotopic (exact) mass is 401 g/mol. The van der Waals surface area contributed by atoms with Gasteiger partial charge in [0.1, 0.15) is 5.57 Å². The van der Waals surface area contributed by atoms with E-state index in [9.17, 15) is 14.4 Å². The molecule has 2 aromatic rings. The number of esters is 1. The van der Waals surface area contributed by atoms with Crippen LogP contribution in [0.15, 0.2) is 48.0 Å². The number of halogens is 1. The first-order valence-electron chi connectivity index (χ1n) is 8.28. The molecular weight excluding hydrogens is 386 g/mol. The summed E-state index contributed by atoms with van der Waals surface area (Å²) in [7, 11) is 0. The number of hydrogen-bond acceptors (Lipinski definition) is 6. The molecule has 1 saturated heterocycles. The zero-order chi connectivity index (χ0) is 20.3. The molecule has 3 N–H and O–H groups in total. The second kappa shape index (κ2) is 8.12. The van der Waals surface area contributed by atoms with Gasteiger partial charge in [0.05, 0.1) is 28.6 Å². The highest BCUT2D eigenvalue weighted by Crippen LogP contribution is 2.26. The Morgan fingerprint density at radius 1 is 1.25 bits per heavy atom. The van der Waals surface area contributed by atoms with Crippen molar-refractivity contribution in [2.75, 3.05) is 17.1 Å². The lowest BCUT2D eigenvalue weighted by Crippen LogP contribution is -2.35. The van der Waals surface area contributed by atoms with E-state index in [-0.39, 0.29) is 22.9 Å². The highest BCUT2D eigenvalue weighted by molar-refractivity contribution is 6.33. The van der Waals surface area contributed by atoms with Crippen LogP contribution in [0.3, 0.4) is 0 Å². The minimum atomic E-state index is -0.576. The summed E-state index contributed by atoms with van der Waals surface area (Å²) >= 11 is 5.90. The van der Waals surface area contributed by atoms with Crippen LogP contribution in [-0.4, -0.2) is 29.6 Å². The number of amides is 2. The van der Waals surface area contributed by atoms with Gasteiger partial charge in [-0.2, -0.15) is 0 Å². The summed E-state index contributed by atoms with van der Waals surface area (Å²) in [5.74, 6) is -1.60. The van der Waals surface area contributed by atoms with Crippen LogP contribution in [0.1, 0.15) is 22.8 Å². The number of nitrogens with one attached hydrogen (secondary N) is 2. The molecule has 1 aliphatic rings. The number of hydrazine groups is 1. The lowest BCUT2D eigenvalue weighted by atomic mass is 10.1. The molecule has 0 aliphatic carbocycles. The summed E-state index contributed by atoms with van der Waals surface area (Å²) in [6.45, 7) is 1.96. The molecule has 0 saturated carbocycles. The first kappa shape index (κ1) is 19.4. The van der Waals surface area contributed by atoms with Crippen molar-refractivity contribution < 1.29 is 24.3 Å². The molecule has 144 valence electrons. The third-order valence-corrected chi connectivity index (χ3v) is 4.28. The summed E-state index contributed by atoms with van der Waals surface area (Å²) in [6, 6.07) is 10.7. The number of hydrogen-bond donors (Lipinski definition) is 3. The molecule has 0 atom stereocenters. The summed E-state index contributed by atoms with van der Waals surface area (Å²) in [4.78, 5) is 36.6. The zero-order valence-corrected chi connectivity index (χ0v) is 15.5. The van der Waals surface area contributed by atoms with Gasteiger partial charge < -0.3 is 4.74 Å². The Morgan fingerprint density at radius 2 is 1.96 bits per heavy atom. The molecule has 1 fully saturated rings. The van der Waals surface area contributed by atoms with Gasteiger partial charge in [0.2, 0.25) is 0 Å². The Labute approximate surface area is 165 Å². The Balaban J connectivity index is 1.84. The van der Waals surface area contributed by atoms with Crippen molar-refractivity contribution in [3.05, 3.63) is 64.2 Å². The van der Waals surface area contributed by atoms with Gasteiger partial charge in [-0.05, 0) is 55.0 Å². The molecule has 2 aromatic carbocycles. The van der Waals surface area contributed by atoms with Gasteiger partial charge in [-0.3, -0.25) is 25.7 Å². The van der Waals surface area contributed by atoms with Crippen LogP contribution in [0.25, 0.3) is 6.08 Å². The molecule has 3 rings (SSSR count). The highest BCUT2D eigenvalue weighted by atomic mass is 35.5. The Morgan fingerprint density at radius 3 is 2.61 bits per heavy atom. The van der Waals surface area contributed by atoms with Crippen molar-refractivity contribution >= 4 is 46.8 Å². The third-order valence-electron chi connectivity index (χ3n) is 3.95. The predicted molar refractivity (Wildman–Crippen MR) is 103 cm³/mol. The van der Waals surface area contributed by atoms with Crippen molar-refractivity contribution in [3.63, 3.8) is 0 Å². The van der Waals surface area contributed by atoms with E-state index in [4.69, 9.17) is 21.5 Å². The topological polar surface area (TPSA) is 108 Å². The minimum absolute atomic E-state index is 0.0827. The van der Waals surface area contributed by atoms with Gasteiger partial charge in [0.15, 0.2) is 0 Å². The normalized spacial score (nSPS) is 15.0. The first-order chi connectivity index (χ1) is 13.4. The van der Waals surface area contributed by atoms with Crippen LogP contribution in [-0.2, 0) is 14.3 Å². The average Bonchev–Trinajstić information content (AvgIpc) is 2.98. The van der Waals surface area contributed by atoms with Gasteiger partial charge in [0, 0.05) is 0 Å². The van der Waals surface area contributed by atoms with Crippen molar-refractivity contribution in [1.82, 2.24) is 5.43 Å². The number of anilines is 2. The highest BCUT2D eigenvalue weighted by Gasteiger charge is 2.34. The molecule has 0 aromatic heterocycles. The second-order valence-electron chi connectivity index (χ2n) is 5.76. The van der Waals surface area contributed by atoms with Gasteiger partial charge in [0.25, 0.3) is 11.8 Å². The van der Waals surface area contributed by atoms with Crippen molar-refractivity contribution in [2.24, 2.45) is 0 Å². The van der Waals surface area contributed by atoms with Crippen LogP contribution in [0, 0.1) is 0 Å². The Bertz CT molecular complexity index is 972. The molecule has 0 bridgehead atoms. The molecule has 1 aliphatic heterocycles. The molecular formula is C19H16ClN3O5. The van der Waals surface area contributed by atoms with Gasteiger partial charge in [-0.15, -0.1) is 0 Å². The molecule has 28 heavy (non-hydrogen) atoms. The van der Waals surface area contributed by atoms with E-state index in [0.717, 1.165) is 5.01 Å². The van der Waals surface area contributed by atoms with Crippen molar-refractivity contribution in [3.8, 4) is 0 Å². The summed E-state index contributed by atoms with van der Waals surface area (Å²) in [5, 5.41) is 10.4. The third kappa shape index (κ3) is 3.83. The van der Waals surface area contributed by atoms with Gasteiger partial charge in [-0.1, -0.05) is 17.7 Å². The maximum atomic E-state index is 12.7. The maximum absolute atomic E-state index is 12.7. The number of ether oxygens (including phenoxy) is 1. The van der Waals surface area contributed by atoms with Gasteiger partial charge >= 0.3 is 5.97 Å². The predicted octanol–water partition coefficient (Wildman–Crippen LogP) is 2.78. The molecule has 2 amide bonds. The zero-order valence-electron chi connectivity index (χ0n) is 14.7. The van der Waals surface area contributed by atoms with Crippen LogP contribution >= 0.6 is 11.6 Å². The fourth-order valence-electron chi connectivity index (χ4n) is 2.59. The molecule has 9 heteroatoms. The lowest BCUT2D eigenvalue weighted by Gasteiger charge is -2.14. The second-order valence-corrected chi connectivity index (χ2v) is 6.17. The standard InChI is InChI=1S/C19H16ClN3O5/c1-2-28-19(26)12-4-6-13(7-5-12)23-18(25)14(17(24)21-23)9-11-3-8-15(20)16(10-11)22-27/h3-10,22,27H,2H2,1H3,(H,21,24)/b14-9-. The molecule has 0 unspecified atom stereocenters. The van der Waals surface area contributed by atoms with Crippen molar-refractivity contribution in [1.29, 1.82) is 0 Å². The first-order valence-corrected chi connectivity index (χ1v) is 8.66. The van der Waals surface area contributed by atoms with E-state index in [1.807, 2.05) is 5.48 Å². The van der Waals surface area contributed by atoms with Crippen LogP contribution < -0.4 is 15.9 Å². The van der Waals surface area contributed by atoms with Crippen LogP contribution in [0.4, 0.5) is 11.4 Å². The molecule has 1 heterocycles. The smallest absolute Gasteiger partial charge is 0.338 e. The average molecular weight is 402 g/mol. The minimum Gasteiger partial charge on any atom is -0.462 e. The molecule has 8 nitrogen and oxygen atoms in total. The SMILES string of the molecule is CCOC(=O)c1ccc(N2NC(=O)/C(=C/c3ccc(Cl)c(NO)c3)C2=O)cc1. The number of rotatable bonds is 5. The summed E-state index contributed by atoms with van der Waals surface area (Å²) in [6.07, 6.45) is 1.39. The van der Waals surface area contributed by atoms with E-state index in [1.165, 1.54) is 42.5 Å². The van der Waals surface area contributed by atoms with E-state index in [2.05, 4.69) is 5.43 Å². The largest absolute Gasteiger partial charge is 0.462 e. The Hall–Kier alpha value is -3.36. The van der Waals surface area contributed by atoms with Crippen LogP contribution in [0.2, 0.25) is 5.02 Å². The lowest BCUT2D eigenvalue weighted by molar-refractivity contribution is -0.117. The number of carbonyl (C=O) groups is 3. The van der Waals surface area contributed by atoms with E-state index >= 15 is 0 Å². The van der Waals surface area contributed by atoms with E-state index in [0.29, 0.717) is 16.8 Å². The van der Waals surface area contributed by atoms with Crippen LogP contribution in [0.5, 0.6) is 0 Å². The van der Waals surface area contributed by atoms with E-state index < -0.39 is 17.8 Å². The maximum Gasteiger partial charge on any atom is 0.338 e. The number of carbonyl (C=O) groups excluding carboxylic acids is 3. The summed E-state index contributed by atoms with van der Waals surface area (Å²) < 4.78 is 4.91. The molecule has 0 radical (unpaired) electrons. The fourth-order valence-corrected chi connectivity index (χ4v) is 2.75. The number of benzene rings is 2. The fraction of sp³-hybridized carbons (Fsp3) is 0.105. The number of nitrogens with zero attached hydrogens (tertiary/aromatic N) is 1.